The molecule has 1 aromatic heterocycles. The summed E-state index contributed by atoms with van der Waals surface area (Å²) in [6.07, 6.45) is 0.742. The zero-order chi connectivity index (χ0) is 15.6. The summed E-state index contributed by atoms with van der Waals surface area (Å²) in [6.45, 7) is 2.38. The number of carbonyl (C=O) groups is 1. The van der Waals surface area contributed by atoms with Crippen LogP contribution >= 0.6 is 15.9 Å². The lowest BCUT2D eigenvalue weighted by Crippen LogP contribution is -2.34. The fourth-order valence-electron chi connectivity index (χ4n) is 2.21. The number of pyridine rings is 1. The van der Waals surface area contributed by atoms with E-state index < -0.39 is 17.3 Å². The number of hydrogen-bond donors (Lipinski definition) is 2. The minimum absolute atomic E-state index is 0.0791. The van der Waals surface area contributed by atoms with Crippen molar-refractivity contribution in [3.05, 3.63) is 45.6 Å². The summed E-state index contributed by atoms with van der Waals surface area (Å²) in [7, 11) is 0. The average Bonchev–Trinajstić information content (AvgIpc) is 2.45. The van der Waals surface area contributed by atoms with Crippen LogP contribution in [0.15, 0.2) is 23.0 Å². The average molecular weight is 357 g/mol. The van der Waals surface area contributed by atoms with Gasteiger partial charge in [-0.25, -0.2) is 13.9 Å². The number of rotatable bonds is 5. The summed E-state index contributed by atoms with van der Waals surface area (Å²) < 4.78 is 15.1. The van der Waals surface area contributed by atoms with E-state index in [-0.39, 0.29) is 27.4 Å². The van der Waals surface area contributed by atoms with Gasteiger partial charge in [0.2, 0.25) is 0 Å². The van der Waals surface area contributed by atoms with Crippen molar-refractivity contribution in [1.82, 2.24) is 4.68 Å². The van der Waals surface area contributed by atoms with E-state index in [0.717, 1.165) is 17.2 Å². The SMILES string of the molecule is CCCNn1c(CBr)c(C(=O)O)c2cccc(F)c2c1=O. The van der Waals surface area contributed by atoms with Crippen molar-refractivity contribution in [1.29, 1.82) is 0 Å². The van der Waals surface area contributed by atoms with Gasteiger partial charge in [0.05, 0.1) is 16.6 Å². The monoisotopic (exact) mass is 356 g/mol. The molecule has 0 bridgehead atoms. The van der Waals surface area contributed by atoms with Crippen molar-refractivity contribution >= 4 is 32.7 Å². The van der Waals surface area contributed by atoms with Crippen LogP contribution < -0.4 is 11.0 Å². The molecule has 0 aliphatic heterocycles. The summed E-state index contributed by atoms with van der Waals surface area (Å²) in [5.41, 5.74) is 2.44. The highest BCUT2D eigenvalue weighted by Gasteiger charge is 2.22. The number of hydrogen-bond acceptors (Lipinski definition) is 3. The van der Waals surface area contributed by atoms with Crippen molar-refractivity contribution in [2.75, 3.05) is 12.0 Å². The van der Waals surface area contributed by atoms with Crippen LogP contribution in [0, 0.1) is 5.82 Å². The summed E-state index contributed by atoms with van der Waals surface area (Å²) in [5.74, 6) is -1.93. The van der Waals surface area contributed by atoms with E-state index >= 15 is 0 Å². The van der Waals surface area contributed by atoms with Crippen molar-refractivity contribution in [2.24, 2.45) is 0 Å². The molecule has 2 rings (SSSR count). The lowest BCUT2D eigenvalue weighted by Gasteiger charge is -2.17. The maximum absolute atomic E-state index is 14.0. The first-order valence-electron chi connectivity index (χ1n) is 6.42. The van der Waals surface area contributed by atoms with Crippen LogP contribution in [0.1, 0.15) is 29.4 Å². The van der Waals surface area contributed by atoms with Gasteiger partial charge in [-0.3, -0.25) is 4.79 Å². The van der Waals surface area contributed by atoms with Crippen molar-refractivity contribution in [3.63, 3.8) is 0 Å². The molecule has 112 valence electrons. The smallest absolute Gasteiger partial charge is 0.338 e. The lowest BCUT2D eigenvalue weighted by molar-refractivity contribution is 0.0697. The standard InChI is InChI=1S/C14H14BrFN2O3/c1-2-6-17-18-10(7-15)12(14(20)21)8-4-3-5-9(16)11(8)13(18)19/h3-5,17H,2,6-7H2,1H3,(H,20,21). The molecule has 0 unspecified atom stereocenters. The molecule has 1 aromatic carbocycles. The molecule has 2 aromatic rings. The van der Waals surface area contributed by atoms with Crippen LogP contribution in [0.25, 0.3) is 10.8 Å². The van der Waals surface area contributed by atoms with Gasteiger partial charge in [0.1, 0.15) is 5.82 Å². The molecular formula is C14H14BrFN2O3. The first-order chi connectivity index (χ1) is 10.0. The molecule has 2 N–H and O–H groups in total. The molecule has 0 aliphatic carbocycles. The molecule has 0 radical (unpaired) electrons. The molecule has 0 spiro atoms. The van der Waals surface area contributed by atoms with E-state index in [2.05, 4.69) is 21.4 Å². The quantitative estimate of drug-likeness (QED) is 0.808. The second-order valence-corrected chi connectivity index (χ2v) is 5.03. The van der Waals surface area contributed by atoms with E-state index in [1.165, 1.54) is 12.1 Å². The van der Waals surface area contributed by atoms with Crippen LogP contribution in [-0.4, -0.2) is 22.3 Å². The predicted octanol–water partition coefficient (Wildman–Crippen LogP) is 2.69. The maximum atomic E-state index is 14.0. The fourth-order valence-corrected chi connectivity index (χ4v) is 2.74. The predicted molar refractivity (Wildman–Crippen MR) is 82.3 cm³/mol. The van der Waals surface area contributed by atoms with Crippen LogP contribution in [0.3, 0.4) is 0 Å². The Kier molecular flexibility index (Phi) is 4.62. The van der Waals surface area contributed by atoms with Gasteiger partial charge >= 0.3 is 5.97 Å². The number of nitrogens with one attached hydrogen (secondary N) is 1. The highest BCUT2D eigenvalue weighted by Crippen LogP contribution is 2.23. The Bertz CT molecular complexity index is 758. The Labute approximate surface area is 128 Å². The topological polar surface area (TPSA) is 71.3 Å². The van der Waals surface area contributed by atoms with Gasteiger partial charge in [-0.15, -0.1) is 0 Å². The van der Waals surface area contributed by atoms with Crippen molar-refractivity contribution in [3.8, 4) is 0 Å². The summed E-state index contributed by atoms with van der Waals surface area (Å²) in [6, 6.07) is 3.98. The number of alkyl halides is 1. The van der Waals surface area contributed by atoms with Gasteiger partial charge in [0.15, 0.2) is 0 Å². The van der Waals surface area contributed by atoms with E-state index in [9.17, 15) is 19.1 Å². The minimum atomic E-state index is -1.20. The van der Waals surface area contributed by atoms with Crippen LogP contribution in [-0.2, 0) is 5.33 Å². The third-order valence-electron chi connectivity index (χ3n) is 3.12. The highest BCUT2D eigenvalue weighted by atomic mass is 79.9. The first kappa shape index (κ1) is 15.5. The third-order valence-corrected chi connectivity index (χ3v) is 3.65. The summed E-state index contributed by atoms with van der Waals surface area (Å²) in [4.78, 5) is 24.0. The van der Waals surface area contributed by atoms with Gasteiger partial charge in [-0.1, -0.05) is 35.0 Å². The van der Waals surface area contributed by atoms with E-state index in [0.29, 0.717) is 6.54 Å². The highest BCUT2D eigenvalue weighted by molar-refractivity contribution is 9.08. The van der Waals surface area contributed by atoms with Crippen LogP contribution in [0.2, 0.25) is 0 Å². The van der Waals surface area contributed by atoms with Crippen molar-refractivity contribution < 1.29 is 14.3 Å². The molecule has 1 heterocycles. The van der Waals surface area contributed by atoms with E-state index in [1.807, 2.05) is 6.92 Å². The molecule has 7 heteroatoms. The molecule has 5 nitrogen and oxygen atoms in total. The zero-order valence-electron chi connectivity index (χ0n) is 11.3. The number of halogens is 2. The molecular weight excluding hydrogens is 343 g/mol. The molecule has 21 heavy (non-hydrogen) atoms. The van der Waals surface area contributed by atoms with Gasteiger partial charge in [0.25, 0.3) is 5.56 Å². The Morgan fingerprint density at radius 2 is 2.19 bits per heavy atom. The van der Waals surface area contributed by atoms with Crippen molar-refractivity contribution in [2.45, 2.75) is 18.7 Å². The lowest BCUT2D eigenvalue weighted by atomic mass is 10.0. The van der Waals surface area contributed by atoms with Gasteiger partial charge < -0.3 is 10.5 Å². The number of carboxylic acid groups (broad SMARTS) is 1. The zero-order valence-corrected chi connectivity index (χ0v) is 12.9. The molecule has 0 saturated carbocycles. The Balaban J connectivity index is 2.95. The number of aromatic carboxylic acids is 1. The van der Waals surface area contributed by atoms with Crippen LogP contribution in [0.5, 0.6) is 0 Å². The Morgan fingerprint density at radius 1 is 1.48 bits per heavy atom. The minimum Gasteiger partial charge on any atom is -0.478 e. The van der Waals surface area contributed by atoms with Gasteiger partial charge in [0, 0.05) is 17.3 Å². The molecule has 0 fully saturated rings. The third kappa shape index (κ3) is 2.65. The van der Waals surface area contributed by atoms with E-state index in [4.69, 9.17) is 0 Å². The molecule has 0 atom stereocenters. The Hall–Kier alpha value is -1.89. The summed E-state index contributed by atoms with van der Waals surface area (Å²) >= 11 is 3.20. The maximum Gasteiger partial charge on any atom is 0.338 e. The second kappa shape index (κ2) is 6.26. The molecule has 0 saturated heterocycles. The largest absolute Gasteiger partial charge is 0.478 e. The normalized spacial score (nSPS) is 10.8. The number of nitrogens with zero attached hydrogens (tertiary/aromatic N) is 1. The van der Waals surface area contributed by atoms with Gasteiger partial charge in [-0.2, -0.15) is 0 Å². The fraction of sp³-hybridized carbons (Fsp3) is 0.286. The number of benzene rings is 1. The van der Waals surface area contributed by atoms with E-state index in [1.54, 1.807) is 0 Å². The molecule has 0 amide bonds. The van der Waals surface area contributed by atoms with Gasteiger partial charge in [-0.05, 0) is 12.5 Å². The molecule has 0 aliphatic rings. The number of aromatic nitrogens is 1. The first-order valence-corrected chi connectivity index (χ1v) is 7.54. The second-order valence-electron chi connectivity index (χ2n) is 4.47. The number of fused-ring (bicyclic) bond motifs is 1. The number of carboxylic acids is 1. The van der Waals surface area contributed by atoms with Crippen LogP contribution in [0.4, 0.5) is 4.39 Å². The Morgan fingerprint density at radius 3 is 2.76 bits per heavy atom. The summed E-state index contributed by atoms with van der Waals surface area (Å²) in [5, 5.41) is 9.49.